The van der Waals surface area contributed by atoms with Gasteiger partial charge in [0.15, 0.2) is 0 Å². The van der Waals surface area contributed by atoms with E-state index in [0.717, 1.165) is 23.5 Å². The van der Waals surface area contributed by atoms with Gasteiger partial charge in [-0.05, 0) is 144 Å². The molecule has 12 rings (SSSR count). The Labute approximate surface area is 368 Å². The lowest BCUT2D eigenvalue weighted by Crippen LogP contribution is -2.29. The summed E-state index contributed by atoms with van der Waals surface area (Å²) in [5.41, 5.74) is 16.7. The van der Waals surface area contributed by atoms with Crippen molar-refractivity contribution in [3.8, 4) is 22.3 Å². The quantitative estimate of drug-likeness (QED) is 0.162. The predicted molar refractivity (Wildman–Crippen MR) is 265 cm³/mol. The Bertz CT molecular complexity index is 3330. The van der Waals surface area contributed by atoms with Crippen molar-refractivity contribution in [2.75, 3.05) is 4.90 Å². The van der Waals surface area contributed by atoms with Crippen LogP contribution in [-0.4, -0.2) is 0 Å². The molecule has 1 heterocycles. The van der Waals surface area contributed by atoms with Crippen LogP contribution in [-0.2, 0) is 16.2 Å². The molecule has 0 saturated carbocycles. The van der Waals surface area contributed by atoms with Gasteiger partial charge >= 0.3 is 0 Å². The summed E-state index contributed by atoms with van der Waals surface area (Å²) in [6, 6.07) is 75.3. The molecule has 0 bridgehead atoms. The number of nitrogens with zero attached hydrogens (tertiary/aromatic N) is 1. The first-order valence-corrected chi connectivity index (χ1v) is 22.8. The van der Waals surface area contributed by atoms with Crippen LogP contribution < -0.4 is 4.90 Å². The molecular weight excluding hydrogens is 767 g/mol. The highest BCUT2D eigenvalue weighted by Gasteiger charge is 2.50. The predicted octanol–water partition coefficient (Wildman–Crippen LogP) is 16.7. The molecule has 298 valence electrons. The summed E-state index contributed by atoms with van der Waals surface area (Å²) >= 11 is 1.86. The van der Waals surface area contributed by atoms with Crippen molar-refractivity contribution in [2.24, 2.45) is 0 Å². The molecule has 0 saturated heterocycles. The van der Waals surface area contributed by atoms with Crippen molar-refractivity contribution in [2.45, 2.75) is 50.4 Å². The summed E-state index contributed by atoms with van der Waals surface area (Å²) in [5, 5.41) is 5.05. The van der Waals surface area contributed by atoms with E-state index in [2.05, 4.69) is 233 Å². The van der Waals surface area contributed by atoms with Crippen LogP contribution in [0.1, 0.15) is 67.5 Å². The molecule has 0 fully saturated rings. The lowest BCUT2D eigenvalue weighted by Gasteiger charge is -2.34. The van der Waals surface area contributed by atoms with Crippen molar-refractivity contribution in [1.82, 2.24) is 0 Å². The van der Waals surface area contributed by atoms with Crippen LogP contribution in [0.25, 0.3) is 53.2 Å². The van der Waals surface area contributed by atoms with Gasteiger partial charge in [-0.1, -0.05) is 167 Å². The molecule has 1 aromatic heterocycles. The van der Waals surface area contributed by atoms with Gasteiger partial charge in [-0.2, -0.15) is 0 Å². The number of benzene rings is 9. The normalized spacial score (nSPS) is 15.4. The first kappa shape index (κ1) is 37.1. The Morgan fingerprint density at radius 3 is 1.74 bits per heavy atom. The van der Waals surface area contributed by atoms with Gasteiger partial charge in [0, 0.05) is 37.2 Å². The number of hydrogen-bond acceptors (Lipinski definition) is 2. The minimum Gasteiger partial charge on any atom is -0.310 e. The first-order valence-electron chi connectivity index (χ1n) is 22.0. The van der Waals surface area contributed by atoms with E-state index >= 15 is 0 Å². The van der Waals surface area contributed by atoms with Crippen LogP contribution in [0.4, 0.5) is 17.1 Å². The Hall–Kier alpha value is -6.74. The molecule has 0 radical (unpaired) electrons. The van der Waals surface area contributed by atoms with E-state index in [9.17, 15) is 0 Å². The van der Waals surface area contributed by atoms with Gasteiger partial charge in [0.05, 0.1) is 5.41 Å². The SMILES string of the molecule is CC1(C)CC(C)(C)c2cc3c(cc21)-c1c(-c2ccc4cc(N(c5ccccc5)c5ccc6sc7ccccc7c6c5)ccc4c2)cccc1C3(c1ccccc1)c1ccccc1. The summed E-state index contributed by atoms with van der Waals surface area (Å²) in [7, 11) is 0. The van der Waals surface area contributed by atoms with Gasteiger partial charge in [-0.15, -0.1) is 11.3 Å². The molecule has 9 aromatic carbocycles. The number of hydrogen-bond donors (Lipinski definition) is 0. The fourth-order valence-electron chi connectivity index (χ4n) is 11.7. The molecule has 2 aliphatic carbocycles. The fraction of sp³-hybridized carbons (Fsp3) is 0.133. The second-order valence-corrected chi connectivity index (χ2v) is 19.9. The van der Waals surface area contributed by atoms with Crippen LogP contribution >= 0.6 is 11.3 Å². The highest BCUT2D eigenvalue weighted by molar-refractivity contribution is 7.25. The van der Waals surface area contributed by atoms with Crippen LogP contribution in [0.15, 0.2) is 200 Å². The van der Waals surface area contributed by atoms with Gasteiger partial charge in [0.2, 0.25) is 0 Å². The van der Waals surface area contributed by atoms with Gasteiger partial charge in [0.1, 0.15) is 0 Å². The highest BCUT2D eigenvalue weighted by atomic mass is 32.1. The molecule has 2 heteroatoms. The van der Waals surface area contributed by atoms with E-state index in [1.165, 1.54) is 86.6 Å². The molecule has 10 aromatic rings. The lowest BCUT2D eigenvalue weighted by molar-refractivity contribution is 0.403. The monoisotopic (exact) mass is 813 g/mol. The molecule has 0 amide bonds. The summed E-state index contributed by atoms with van der Waals surface area (Å²) in [4.78, 5) is 2.40. The second-order valence-electron chi connectivity index (χ2n) is 18.8. The molecular formula is C60H47NS. The summed E-state index contributed by atoms with van der Waals surface area (Å²) in [6.45, 7) is 9.76. The maximum absolute atomic E-state index is 2.61. The summed E-state index contributed by atoms with van der Waals surface area (Å²) in [5.74, 6) is 0. The smallest absolute Gasteiger partial charge is 0.0713 e. The Morgan fingerprint density at radius 2 is 1.00 bits per heavy atom. The van der Waals surface area contributed by atoms with Gasteiger partial charge in [-0.3, -0.25) is 0 Å². The first-order chi connectivity index (χ1) is 30.2. The van der Waals surface area contributed by atoms with Crippen molar-refractivity contribution < 1.29 is 0 Å². The standard InChI is InChI=1S/C60H47NS/c1-58(2)38-59(3,4)54-37-52-50(36-53(54)58)57-47(24-16-25-51(57)60(52,42-17-8-5-9-18-42)43-19-10-6-11-20-43)41-28-27-40-34-45(30-29-39(40)33-41)61(44-21-12-7-13-22-44)46-31-32-56-49(35-46)48-23-14-15-26-55(48)62-56/h5-37H,38H2,1-4H3. The zero-order chi connectivity index (χ0) is 41.8. The molecule has 0 spiro atoms. The average Bonchev–Trinajstić information content (AvgIpc) is 3.88. The fourth-order valence-corrected chi connectivity index (χ4v) is 12.7. The third-order valence-electron chi connectivity index (χ3n) is 14.1. The van der Waals surface area contributed by atoms with Crippen LogP contribution in [0.5, 0.6) is 0 Å². The Balaban J connectivity index is 1.04. The van der Waals surface area contributed by atoms with Crippen molar-refractivity contribution in [3.63, 3.8) is 0 Å². The Morgan fingerprint density at radius 1 is 0.403 bits per heavy atom. The minimum atomic E-state index is -0.466. The molecule has 1 nitrogen and oxygen atoms in total. The van der Waals surface area contributed by atoms with E-state index in [0.29, 0.717) is 0 Å². The minimum absolute atomic E-state index is 0.0723. The molecule has 0 atom stereocenters. The molecule has 2 aliphatic rings. The third kappa shape index (κ3) is 5.46. The van der Waals surface area contributed by atoms with E-state index in [4.69, 9.17) is 0 Å². The molecule has 0 aliphatic heterocycles. The van der Waals surface area contributed by atoms with E-state index in [1.807, 2.05) is 11.3 Å². The van der Waals surface area contributed by atoms with Gasteiger partial charge < -0.3 is 4.90 Å². The zero-order valence-electron chi connectivity index (χ0n) is 35.6. The number of rotatable bonds is 6. The Kier molecular flexibility index (Phi) is 8.15. The zero-order valence-corrected chi connectivity index (χ0v) is 36.4. The average molecular weight is 814 g/mol. The van der Waals surface area contributed by atoms with Crippen LogP contribution in [0.3, 0.4) is 0 Å². The highest BCUT2D eigenvalue weighted by Crippen LogP contribution is 2.61. The summed E-state index contributed by atoms with van der Waals surface area (Å²) in [6.07, 6.45) is 1.13. The maximum Gasteiger partial charge on any atom is 0.0713 e. The van der Waals surface area contributed by atoms with E-state index in [1.54, 1.807) is 0 Å². The van der Waals surface area contributed by atoms with Crippen molar-refractivity contribution in [1.29, 1.82) is 0 Å². The molecule has 0 N–H and O–H groups in total. The van der Waals surface area contributed by atoms with E-state index in [-0.39, 0.29) is 10.8 Å². The lowest BCUT2D eigenvalue weighted by atomic mass is 9.67. The topological polar surface area (TPSA) is 3.24 Å². The van der Waals surface area contributed by atoms with Crippen LogP contribution in [0.2, 0.25) is 0 Å². The van der Waals surface area contributed by atoms with Crippen molar-refractivity contribution in [3.05, 3.63) is 234 Å². The molecule has 62 heavy (non-hydrogen) atoms. The number of para-hydroxylation sites is 1. The largest absolute Gasteiger partial charge is 0.310 e. The van der Waals surface area contributed by atoms with Crippen LogP contribution in [0, 0.1) is 0 Å². The number of fused-ring (bicyclic) bond motifs is 8. The second kappa shape index (κ2) is 13.6. The number of anilines is 3. The number of thiophene rings is 1. The van der Waals surface area contributed by atoms with Gasteiger partial charge in [0.25, 0.3) is 0 Å². The van der Waals surface area contributed by atoms with Crippen molar-refractivity contribution >= 4 is 59.3 Å². The maximum atomic E-state index is 2.61. The summed E-state index contributed by atoms with van der Waals surface area (Å²) < 4.78 is 2.63. The molecule has 0 unspecified atom stereocenters. The van der Waals surface area contributed by atoms with Gasteiger partial charge in [-0.25, -0.2) is 0 Å². The third-order valence-corrected chi connectivity index (χ3v) is 15.2. The van der Waals surface area contributed by atoms with E-state index < -0.39 is 5.41 Å².